The first kappa shape index (κ1) is 20.6. The van der Waals surface area contributed by atoms with Gasteiger partial charge in [0.05, 0.1) is 35.9 Å². The fraction of sp³-hybridized carbons (Fsp3) is 0.409. The Kier molecular flexibility index (Phi) is 6.06. The number of pyridine rings is 1. The van der Waals surface area contributed by atoms with Crippen molar-refractivity contribution in [2.45, 2.75) is 40.7 Å². The van der Waals surface area contributed by atoms with Crippen molar-refractivity contribution >= 4 is 16.9 Å². The number of carbonyl (C=O) groups excluding carboxylic acids is 1. The lowest BCUT2D eigenvalue weighted by Gasteiger charge is -2.18. The first-order valence-corrected chi connectivity index (χ1v) is 9.87. The molecular formula is C22H28N4O3. The van der Waals surface area contributed by atoms with Gasteiger partial charge in [0.25, 0.3) is 5.91 Å². The first-order valence-electron chi connectivity index (χ1n) is 9.87. The number of carbonyl (C=O) groups is 1. The van der Waals surface area contributed by atoms with Crippen LogP contribution in [-0.4, -0.2) is 33.9 Å². The van der Waals surface area contributed by atoms with E-state index in [9.17, 15) is 4.79 Å². The minimum Gasteiger partial charge on any atom is -0.490 e. The van der Waals surface area contributed by atoms with Gasteiger partial charge in [-0.3, -0.25) is 9.48 Å². The van der Waals surface area contributed by atoms with Crippen molar-refractivity contribution in [2.75, 3.05) is 13.2 Å². The molecule has 1 unspecified atom stereocenters. The van der Waals surface area contributed by atoms with Gasteiger partial charge in [-0.25, -0.2) is 4.98 Å². The zero-order chi connectivity index (χ0) is 21.1. The quantitative estimate of drug-likeness (QED) is 0.656. The summed E-state index contributed by atoms with van der Waals surface area (Å²) in [6.07, 6.45) is 0. The predicted octanol–water partition coefficient (Wildman–Crippen LogP) is 3.87. The predicted molar refractivity (Wildman–Crippen MR) is 113 cm³/mol. The summed E-state index contributed by atoms with van der Waals surface area (Å²) in [5.41, 5.74) is 3.79. The van der Waals surface area contributed by atoms with Crippen LogP contribution < -0.4 is 14.8 Å². The molecule has 7 heteroatoms. The summed E-state index contributed by atoms with van der Waals surface area (Å²) in [6.45, 7) is 10.7. The Balaban J connectivity index is 1.90. The van der Waals surface area contributed by atoms with Crippen LogP contribution >= 0.6 is 0 Å². The normalized spacial score (nSPS) is 12.1. The highest BCUT2D eigenvalue weighted by Crippen LogP contribution is 2.31. The second kappa shape index (κ2) is 8.51. The van der Waals surface area contributed by atoms with Gasteiger partial charge in [-0.2, -0.15) is 5.10 Å². The van der Waals surface area contributed by atoms with Crippen molar-refractivity contribution in [2.24, 2.45) is 7.05 Å². The minimum atomic E-state index is -0.210. The van der Waals surface area contributed by atoms with Gasteiger partial charge in [0.2, 0.25) is 0 Å². The van der Waals surface area contributed by atoms with Gasteiger partial charge in [0, 0.05) is 12.7 Å². The molecule has 1 N–H and O–H groups in total. The molecule has 3 rings (SSSR count). The summed E-state index contributed by atoms with van der Waals surface area (Å²) in [5, 5.41) is 8.29. The monoisotopic (exact) mass is 396 g/mol. The van der Waals surface area contributed by atoms with Crippen molar-refractivity contribution in [1.29, 1.82) is 0 Å². The van der Waals surface area contributed by atoms with Gasteiger partial charge in [-0.05, 0) is 58.4 Å². The average Bonchev–Trinajstić information content (AvgIpc) is 2.96. The van der Waals surface area contributed by atoms with Crippen LogP contribution in [0.4, 0.5) is 0 Å². The summed E-state index contributed by atoms with van der Waals surface area (Å²) in [5.74, 6) is 1.23. The van der Waals surface area contributed by atoms with E-state index in [1.807, 2.05) is 65.9 Å². The van der Waals surface area contributed by atoms with Crippen molar-refractivity contribution in [3.63, 3.8) is 0 Å². The molecule has 2 aromatic heterocycles. The number of nitrogens with zero attached hydrogens (tertiary/aromatic N) is 3. The molecule has 0 saturated carbocycles. The molecule has 0 fully saturated rings. The lowest BCUT2D eigenvalue weighted by Crippen LogP contribution is -2.27. The molecule has 0 radical (unpaired) electrons. The highest BCUT2D eigenvalue weighted by Gasteiger charge is 2.20. The maximum absolute atomic E-state index is 13.1. The third kappa shape index (κ3) is 4.18. The average molecular weight is 396 g/mol. The van der Waals surface area contributed by atoms with E-state index >= 15 is 0 Å². The lowest BCUT2D eigenvalue weighted by atomic mass is 10.1. The molecule has 1 aromatic carbocycles. The van der Waals surface area contributed by atoms with Gasteiger partial charge < -0.3 is 14.8 Å². The molecule has 0 saturated heterocycles. The van der Waals surface area contributed by atoms with E-state index in [2.05, 4.69) is 15.4 Å². The Hall–Kier alpha value is -3.09. The van der Waals surface area contributed by atoms with Gasteiger partial charge in [0.15, 0.2) is 17.1 Å². The van der Waals surface area contributed by atoms with E-state index in [1.165, 1.54) is 0 Å². The maximum atomic E-state index is 13.1. The summed E-state index contributed by atoms with van der Waals surface area (Å²) in [6, 6.07) is 7.34. The summed E-state index contributed by atoms with van der Waals surface area (Å²) in [4.78, 5) is 17.6. The number of hydrogen-bond acceptors (Lipinski definition) is 5. The van der Waals surface area contributed by atoms with E-state index in [0.717, 1.165) is 22.3 Å². The van der Waals surface area contributed by atoms with Crippen LogP contribution in [0.1, 0.15) is 54.1 Å². The molecule has 1 atom stereocenters. The highest BCUT2D eigenvalue weighted by molar-refractivity contribution is 6.06. The van der Waals surface area contributed by atoms with E-state index < -0.39 is 0 Å². The number of fused-ring (bicyclic) bond motifs is 1. The molecule has 154 valence electrons. The van der Waals surface area contributed by atoms with Gasteiger partial charge in [0.1, 0.15) is 0 Å². The molecule has 7 nitrogen and oxygen atoms in total. The number of rotatable bonds is 7. The number of amides is 1. The smallest absolute Gasteiger partial charge is 0.252 e. The van der Waals surface area contributed by atoms with Crippen LogP contribution in [0.15, 0.2) is 24.3 Å². The fourth-order valence-electron chi connectivity index (χ4n) is 3.44. The van der Waals surface area contributed by atoms with E-state index in [1.54, 1.807) is 4.68 Å². The van der Waals surface area contributed by atoms with Crippen LogP contribution in [0, 0.1) is 13.8 Å². The Morgan fingerprint density at radius 2 is 1.83 bits per heavy atom. The lowest BCUT2D eigenvalue weighted by molar-refractivity contribution is 0.0941. The van der Waals surface area contributed by atoms with Crippen LogP contribution in [0.2, 0.25) is 0 Å². The zero-order valence-corrected chi connectivity index (χ0v) is 17.9. The molecular weight excluding hydrogens is 368 g/mol. The van der Waals surface area contributed by atoms with Crippen molar-refractivity contribution in [1.82, 2.24) is 20.1 Å². The zero-order valence-electron chi connectivity index (χ0n) is 17.9. The minimum absolute atomic E-state index is 0.157. The number of aromatic nitrogens is 3. The largest absolute Gasteiger partial charge is 0.490 e. The molecule has 0 spiro atoms. The summed E-state index contributed by atoms with van der Waals surface area (Å²) in [7, 11) is 1.83. The molecule has 0 bridgehead atoms. The van der Waals surface area contributed by atoms with E-state index in [4.69, 9.17) is 9.47 Å². The van der Waals surface area contributed by atoms with Crippen LogP contribution in [0.3, 0.4) is 0 Å². The first-order chi connectivity index (χ1) is 13.8. The third-order valence-corrected chi connectivity index (χ3v) is 4.76. The number of aryl methyl sites for hydroxylation is 3. The second-order valence-electron chi connectivity index (χ2n) is 6.99. The Bertz CT molecular complexity index is 1040. The van der Waals surface area contributed by atoms with E-state index in [-0.39, 0.29) is 11.9 Å². The summed E-state index contributed by atoms with van der Waals surface area (Å²) >= 11 is 0. The van der Waals surface area contributed by atoms with Crippen molar-refractivity contribution in [3.05, 3.63) is 46.8 Å². The van der Waals surface area contributed by atoms with Crippen LogP contribution in [-0.2, 0) is 7.05 Å². The number of hydrogen-bond donors (Lipinski definition) is 1. The van der Waals surface area contributed by atoms with Gasteiger partial charge in [-0.1, -0.05) is 6.07 Å². The summed E-state index contributed by atoms with van der Waals surface area (Å²) < 4.78 is 13.0. The molecule has 0 aliphatic heterocycles. The second-order valence-corrected chi connectivity index (χ2v) is 6.99. The number of nitrogens with one attached hydrogen (secondary N) is 1. The topological polar surface area (TPSA) is 78.3 Å². The Morgan fingerprint density at radius 3 is 2.52 bits per heavy atom. The third-order valence-electron chi connectivity index (χ3n) is 4.76. The molecule has 2 heterocycles. The standard InChI is InChI=1S/C22H28N4O3/c1-7-28-18-10-9-16(12-19(18)29-8-2)14(4)24-22(27)17-11-13(3)23-21-20(17)15(5)25-26(21)6/h9-12,14H,7-8H2,1-6H3,(H,24,27). The maximum Gasteiger partial charge on any atom is 0.252 e. The molecule has 29 heavy (non-hydrogen) atoms. The number of ether oxygens (including phenoxy) is 2. The molecule has 1 amide bonds. The molecule has 3 aromatic rings. The van der Waals surface area contributed by atoms with Crippen molar-refractivity contribution in [3.8, 4) is 11.5 Å². The Morgan fingerprint density at radius 1 is 1.14 bits per heavy atom. The Labute approximate surface area is 171 Å². The molecule has 0 aliphatic carbocycles. The van der Waals surface area contributed by atoms with Gasteiger partial charge in [-0.15, -0.1) is 0 Å². The molecule has 0 aliphatic rings. The number of benzene rings is 1. The fourth-order valence-corrected chi connectivity index (χ4v) is 3.44. The van der Waals surface area contributed by atoms with E-state index in [0.29, 0.717) is 35.9 Å². The SMILES string of the molecule is CCOc1ccc(C(C)NC(=O)c2cc(C)nc3c2c(C)nn3C)cc1OCC. The van der Waals surface area contributed by atoms with Crippen LogP contribution in [0.5, 0.6) is 11.5 Å². The van der Waals surface area contributed by atoms with Crippen LogP contribution in [0.25, 0.3) is 11.0 Å². The highest BCUT2D eigenvalue weighted by atomic mass is 16.5. The van der Waals surface area contributed by atoms with Crippen molar-refractivity contribution < 1.29 is 14.3 Å². The van der Waals surface area contributed by atoms with Gasteiger partial charge >= 0.3 is 0 Å².